The minimum Gasteiger partial charge on any atom is -0.462 e. The van der Waals surface area contributed by atoms with Crippen molar-refractivity contribution in [2.75, 3.05) is 18.5 Å². The second-order valence-electron chi connectivity index (χ2n) is 9.99. The summed E-state index contributed by atoms with van der Waals surface area (Å²) in [7, 11) is 0. The Kier molecular flexibility index (Phi) is 7.23. The van der Waals surface area contributed by atoms with Crippen LogP contribution in [0.1, 0.15) is 56.8 Å². The fourth-order valence-electron chi connectivity index (χ4n) is 5.77. The molecule has 2 saturated carbocycles. The number of esters is 2. The highest BCUT2D eigenvalue weighted by Gasteiger charge is 2.62. The lowest BCUT2D eigenvalue weighted by Gasteiger charge is -2.28. The lowest BCUT2D eigenvalue weighted by atomic mass is 9.81. The predicted octanol–water partition coefficient (Wildman–Crippen LogP) is 2.79. The van der Waals surface area contributed by atoms with Crippen molar-refractivity contribution in [3.8, 4) is 0 Å². The minimum absolute atomic E-state index is 0.223. The van der Waals surface area contributed by atoms with Gasteiger partial charge in [0.2, 0.25) is 11.8 Å². The molecule has 0 aromatic heterocycles. The van der Waals surface area contributed by atoms with Gasteiger partial charge in [-0.3, -0.25) is 19.3 Å². The summed E-state index contributed by atoms with van der Waals surface area (Å²) in [6, 6.07) is 5.11. The second kappa shape index (κ2) is 10.2. The van der Waals surface area contributed by atoms with E-state index in [1.54, 1.807) is 26.0 Å². The topological polar surface area (TPSA) is 119 Å². The van der Waals surface area contributed by atoms with Gasteiger partial charge in [0.15, 0.2) is 6.61 Å². The summed E-state index contributed by atoms with van der Waals surface area (Å²) in [4.78, 5) is 64.5. The van der Waals surface area contributed by atoms with Crippen molar-refractivity contribution in [3.63, 3.8) is 0 Å². The first-order chi connectivity index (χ1) is 16.7. The molecule has 2 aliphatic carbocycles. The first-order valence-electron chi connectivity index (χ1n) is 12.3. The number of nitrogens with zero attached hydrogens (tertiary/aromatic N) is 1. The first-order valence-corrected chi connectivity index (χ1v) is 12.3. The quantitative estimate of drug-likeness (QED) is 0.423. The van der Waals surface area contributed by atoms with E-state index in [0.29, 0.717) is 17.9 Å². The molecule has 3 fully saturated rings. The molecular formula is C26H32N2O7. The average molecular weight is 485 g/mol. The van der Waals surface area contributed by atoms with Crippen molar-refractivity contribution in [3.05, 3.63) is 29.8 Å². The van der Waals surface area contributed by atoms with Crippen LogP contribution in [0, 0.1) is 29.6 Å². The van der Waals surface area contributed by atoms with E-state index in [0.717, 1.165) is 30.6 Å². The Hall–Kier alpha value is -3.23. The van der Waals surface area contributed by atoms with Gasteiger partial charge in [0, 0.05) is 5.69 Å². The molecule has 1 aliphatic heterocycles. The van der Waals surface area contributed by atoms with E-state index in [-0.39, 0.29) is 41.4 Å². The van der Waals surface area contributed by atoms with Crippen molar-refractivity contribution in [1.82, 2.24) is 4.90 Å². The largest absolute Gasteiger partial charge is 0.462 e. The summed E-state index contributed by atoms with van der Waals surface area (Å²) in [6.07, 6.45) is 3.55. The number of likely N-dealkylation sites (tertiary alicyclic amines) is 1. The Labute approximate surface area is 204 Å². The number of benzene rings is 1. The van der Waals surface area contributed by atoms with Crippen LogP contribution < -0.4 is 5.32 Å². The summed E-state index contributed by atoms with van der Waals surface area (Å²) in [5, 5.41) is 2.60. The third-order valence-electron chi connectivity index (χ3n) is 7.30. The van der Waals surface area contributed by atoms with Crippen molar-refractivity contribution in [2.45, 2.75) is 52.5 Å². The molecule has 1 aromatic carbocycles. The molecular weight excluding hydrogens is 452 g/mol. The first kappa shape index (κ1) is 24.9. The van der Waals surface area contributed by atoms with Gasteiger partial charge in [0.1, 0.15) is 6.04 Å². The molecule has 1 heterocycles. The van der Waals surface area contributed by atoms with Gasteiger partial charge in [-0.25, -0.2) is 9.59 Å². The average Bonchev–Trinajstić information content (AvgIpc) is 3.51. The van der Waals surface area contributed by atoms with Gasteiger partial charge in [-0.05, 0) is 67.7 Å². The molecule has 9 nitrogen and oxygen atoms in total. The van der Waals surface area contributed by atoms with Crippen LogP contribution in [0.2, 0.25) is 0 Å². The number of hydrogen-bond donors (Lipinski definition) is 1. The number of carbonyl (C=O) groups excluding carboxylic acids is 5. The molecule has 5 atom stereocenters. The van der Waals surface area contributed by atoms with Crippen LogP contribution in [-0.4, -0.2) is 53.8 Å². The van der Waals surface area contributed by atoms with Crippen molar-refractivity contribution >= 4 is 35.3 Å². The maximum Gasteiger partial charge on any atom is 0.338 e. The maximum absolute atomic E-state index is 13.1. The van der Waals surface area contributed by atoms with Crippen LogP contribution in [-0.2, 0) is 28.7 Å². The number of amides is 3. The Morgan fingerprint density at radius 3 is 2.14 bits per heavy atom. The molecule has 4 rings (SSSR count). The van der Waals surface area contributed by atoms with Gasteiger partial charge in [-0.1, -0.05) is 20.8 Å². The van der Waals surface area contributed by atoms with Crippen LogP contribution >= 0.6 is 0 Å². The highest BCUT2D eigenvalue weighted by atomic mass is 16.5. The molecule has 0 radical (unpaired) electrons. The third kappa shape index (κ3) is 4.81. The van der Waals surface area contributed by atoms with Gasteiger partial charge < -0.3 is 14.8 Å². The molecule has 1 aromatic rings. The summed E-state index contributed by atoms with van der Waals surface area (Å²) < 4.78 is 10.3. The van der Waals surface area contributed by atoms with Crippen LogP contribution in [0.15, 0.2) is 24.3 Å². The fourth-order valence-corrected chi connectivity index (χ4v) is 5.77. The zero-order valence-corrected chi connectivity index (χ0v) is 20.3. The smallest absolute Gasteiger partial charge is 0.338 e. The summed E-state index contributed by atoms with van der Waals surface area (Å²) >= 11 is 0. The molecule has 188 valence electrons. The summed E-state index contributed by atoms with van der Waals surface area (Å²) in [6.45, 7) is 5.18. The number of rotatable bonds is 9. The van der Waals surface area contributed by atoms with Crippen LogP contribution in [0.25, 0.3) is 0 Å². The molecule has 2 bridgehead atoms. The molecule has 3 aliphatic rings. The summed E-state index contributed by atoms with van der Waals surface area (Å²) in [5.74, 6) is -2.87. The molecule has 0 unspecified atom stereocenters. The number of anilines is 1. The van der Waals surface area contributed by atoms with E-state index in [4.69, 9.17) is 9.47 Å². The molecule has 3 amide bonds. The van der Waals surface area contributed by atoms with Crippen molar-refractivity contribution < 1.29 is 33.4 Å². The van der Waals surface area contributed by atoms with Gasteiger partial charge in [-0.2, -0.15) is 0 Å². The predicted molar refractivity (Wildman–Crippen MR) is 125 cm³/mol. The normalized spacial score (nSPS) is 25.5. The highest BCUT2D eigenvalue weighted by molar-refractivity contribution is 6.08. The molecule has 0 spiro atoms. The zero-order valence-electron chi connectivity index (χ0n) is 20.3. The van der Waals surface area contributed by atoms with E-state index in [2.05, 4.69) is 5.32 Å². The SMILES string of the molecule is CCCOC(=O)c1ccc(NC(=O)COC(=O)[C@@H](C(C)C)N2C(=O)[C@@H]3[C@H]4CC[C@@H](C4)[C@@H]3C2=O)cc1. The fraction of sp³-hybridized carbons (Fsp3) is 0.577. The van der Waals surface area contributed by atoms with Crippen LogP contribution in [0.3, 0.4) is 0 Å². The van der Waals surface area contributed by atoms with Crippen LogP contribution in [0.5, 0.6) is 0 Å². The van der Waals surface area contributed by atoms with Crippen molar-refractivity contribution in [2.24, 2.45) is 29.6 Å². The molecule has 1 N–H and O–H groups in total. The van der Waals surface area contributed by atoms with E-state index in [9.17, 15) is 24.0 Å². The van der Waals surface area contributed by atoms with E-state index in [1.165, 1.54) is 12.1 Å². The number of ether oxygens (including phenoxy) is 2. The third-order valence-corrected chi connectivity index (χ3v) is 7.30. The van der Waals surface area contributed by atoms with E-state index < -0.39 is 30.5 Å². The number of fused-ring (bicyclic) bond motifs is 5. The second-order valence-corrected chi connectivity index (χ2v) is 9.99. The lowest BCUT2D eigenvalue weighted by Crippen LogP contribution is -2.50. The zero-order chi connectivity index (χ0) is 25.3. The molecule has 9 heteroatoms. The molecule has 1 saturated heterocycles. The Morgan fingerprint density at radius 1 is 1.00 bits per heavy atom. The Morgan fingerprint density at radius 2 is 1.60 bits per heavy atom. The maximum atomic E-state index is 13.1. The van der Waals surface area contributed by atoms with Gasteiger partial charge in [-0.15, -0.1) is 0 Å². The number of imide groups is 1. The highest BCUT2D eigenvalue weighted by Crippen LogP contribution is 2.56. The van der Waals surface area contributed by atoms with E-state index >= 15 is 0 Å². The van der Waals surface area contributed by atoms with Gasteiger partial charge in [0.05, 0.1) is 24.0 Å². The van der Waals surface area contributed by atoms with Gasteiger partial charge >= 0.3 is 11.9 Å². The van der Waals surface area contributed by atoms with E-state index in [1.807, 2.05) is 6.92 Å². The van der Waals surface area contributed by atoms with Crippen LogP contribution in [0.4, 0.5) is 5.69 Å². The number of hydrogen-bond acceptors (Lipinski definition) is 7. The lowest BCUT2D eigenvalue weighted by molar-refractivity contribution is -0.162. The summed E-state index contributed by atoms with van der Waals surface area (Å²) in [5.41, 5.74) is 0.785. The van der Waals surface area contributed by atoms with Gasteiger partial charge in [0.25, 0.3) is 5.91 Å². The Balaban J connectivity index is 1.34. The molecule has 35 heavy (non-hydrogen) atoms. The standard InChI is InChI=1S/C26H32N2O7/c1-4-11-34-25(32)15-7-9-18(10-8-15)27-19(29)13-35-26(33)22(14(2)3)28-23(30)20-16-5-6-17(12-16)21(20)24(28)31/h7-10,14,16-17,20-22H,4-6,11-13H2,1-3H3,(H,27,29)/t16-,17-,20-,21+,22+/m0/s1. The monoisotopic (exact) mass is 484 g/mol. The number of nitrogens with one attached hydrogen (secondary N) is 1. The minimum atomic E-state index is -1.05. The number of carbonyl (C=O) groups is 5. The Bertz CT molecular complexity index is 991. The van der Waals surface area contributed by atoms with Crippen molar-refractivity contribution in [1.29, 1.82) is 0 Å².